The quantitative estimate of drug-likeness (QED) is 0.612. The van der Waals surface area contributed by atoms with E-state index >= 15 is 0 Å². The Kier molecular flexibility index (Phi) is 3.08. The summed E-state index contributed by atoms with van der Waals surface area (Å²) in [5.74, 6) is 1.59. The van der Waals surface area contributed by atoms with Gasteiger partial charge in [-0.05, 0) is 41.5 Å². The zero-order valence-electron chi connectivity index (χ0n) is 10.9. The van der Waals surface area contributed by atoms with Crippen LogP contribution in [-0.4, -0.2) is 5.97 Å². The molecule has 0 aliphatic heterocycles. The van der Waals surface area contributed by atoms with Crippen molar-refractivity contribution in [1.82, 2.24) is 0 Å². The van der Waals surface area contributed by atoms with Crippen LogP contribution in [0.3, 0.4) is 0 Å². The van der Waals surface area contributed by atoms with Crippen LogP contribution in [0.1, 0.15) is 36.3 Å². The maximum Gasteiger partial charge on any atom is 0.308 e. The molecular formula is C17H16O2. The molecule has 3 rings (SSSR count). The lowest BCUT2D eigenvalue weighted by Gasteiger charge is -2.04. The number of benzene rings is 2. The van der Waals surface area contributed by atoms with Crippen molar-refractivity contribution in [3.8, 4) is 5.75 Å². The van der Waals surface area contributed by atoms with Crippen molar-refractivity contribution in [3.63, 3.8) is 0 Å². The number of esters is 1. The summed E-state index contributed by atoms with van der Waals surface area (Å²) in [6, 6.07) is 18.5. The molecule has 96 valence electrons. The molecule has 0 radical (unpaired) electrons. The molecule has 2 nitrogen and oxygen atoms in total. The average Bonchev–Trinajstić information content (AvgIpc) is 3.20. The van der Waals surface area contributed by atoms with E-state index in [-0.39, 0.29) is 5.97 Å². The topological polar surface area (TPSA) is 26.3 Å². The number of hydrogen-bond donors (Lipinski definition) is 0. The monoisotopic (exact) mass is 252 g/mol. The molecule has 0 unspecified atom stereocenters. The van der Waals surface area contributed by atoms with Crippen LogP contribution in [0.2, 0.25) is 0 Å². The van der Waals surface area contributed by atoms with Gasteiger partial charge < -0.3 is 4.74 Å². The summed E-state index contributed by atoms with van der Waals surface area (Å²) in [7, 11) is 0. The van der Waals surface area contributed by atoms with Gasteiger partial charge in [-0.15, -0.1) is 0 Å². The van der Waals surface area contributed by atoms with E-state index in [4.69, 9.17) is 4.74 Å². The molecule has 0 spiro atoms. The van der Waals surface area contributed by atoms with Crippen molar-refractivity contribution < 1.29 is 9.53 Å². The van der Waals surface area contributed by atoms with Gasteiger partial charge in [0.2, 0.25) is 0 Å². The van der Waals surface area contributed by atoms with E-state index in [0.29, 0.717) is 17.6 Å². The minimum absolute atomic E-state index is 0.277. The van der Waals surface area contributed by atoms with E-state index in [9.17, 15) is 4.79 Å². The highest BCUT2D eigenvalue weighted by molar-refractivity contribution is 5.69. The van der Waals surface area contributed by atoms with Crippen LogP contribution in [0.5, 0.6) is 5.75 Å². The van der Waals surface area contributed by atoms with E-state index in [1.165, 1.54) is 24.5 Å². The molecule has 0 bridgehead atoms. The van der Waals surface area contributed by atoms with Gasteiger partial charge in [-0.3, -0.25) is 4.79 Å². The SMILES string of the molecule is CC(=O)Oc1ccc([C@H]2C[C@H]2c2ccccc2)cc1. The van der Waals surface area contributed by atoms with Gasteiger partial charge in [0.15, 0.2) is 0 Å². The fourth-order valence-corrected chi connectivity index (χ4v) is 2.58. The molecule has 2 aromatic rings. The second kappa shape index (κ2) is 4.88. The third-order valence-corrected chi connectivity index (χ3v) is 3.59. The van der Waals surface area contributed by atoms with Crippen molar-refractivity contribution in [3.05, 3.63) is 65.7 Å². The maximum absolute atomic E-state index is 10.9. The molecule has 0 N–H and O–H groups in total. The summed E-state index contributed by atoms with van der Waals surface area (Å²) in [5, 5.41) is 0. The third-order valence-electron chi connectivity index (χ3n) is 3.59. The zero-order chi connectivity index (χ0) is 13.2. The minimum atomic E-state index is -0.277. The first-order valence-electron chi connectivity index (χ1n) is 6.57. The summed E-state index contributed by atoms with van der Waals surface area (Å²) in [6.07, 6.45) is 1.21. The van der Waals surface area contributed by atoms with Crippen LogP contribution in [0, 0.1) is 0 Å². The molecule has 1 aliphatic rings. The Balaban J connectivity index is 1.70. The lowest BCUT2D eigenvalue weighted by molar-refractivity contribution is -0.131. The van der Waals surface area contributed by atoms with Crippen LogP contribution < -0.4 is 4.74 Å². The Morgan fingerprint density at radius 1 is 0.947 bits per heavy atom. The van der Waals surface area contributed by atoms with Gasteiger partial charge in [0, 0.05) is 6.92 Å². The third kappa shape index (κ3) is 2.68. The normalized spacial score (nSPS) is 20.9. The van der Waals surface area contributed by atoms with Crippen molar-refractivity contribution in [2.24, 2.45) is 0 Å². The molecular weight excluding hydrogens is 236 g/mol. The van der Waals surface area contributed by atoms with Gasteiger partial charge in [0.05, 0.1) is 0 Å². The summed E-state index contributed by atoms with van der Waals surface area (Å²) in [6.45, 7) is 1.42. The molecule has 0 saturated heterocycles. The Hall–Kier alpha value is -2.09. The number of carbonyl (C=O) groups is 1. The minimum Gasteiger partial charge on any atom is -0.427 e. The lowest BCUT2D eigenvalue weighted by Crippen LogP contribution is -2.01. The highest BCUT2D eigenvalue weighted by Gasteiger charge is 2.39. The molecule has 2 heteroatoms. The van der Waals surface area contributed by atoms with Crippen LogP contribution in [0.15, 0.2) is 54.6 Å². The number of ether oxygens (including phenoxy) is 1. The average molecular weight is 252 g/mol. The van der Waals surface area contributed by atoms with Crippen molar-refractivity contribution in [1.29, 1.82) is 0 Å². The van der Waals surface area contributed by atoms with Gasteiger partial charge in [-0.25, -0.2) is 0 Å². The number of carbonyl (C=O) groups excluding carboxylic acids is 1. The number of hydrogen-bond acceptors (Lipinski definition) is 2. The predicted octanol–water partition coefficient (Wildman–Crippen LogP) is 3.88. The molecule has 2 atom stereocenters. The smallest absolute Gasteiger partial charge is 0.308 e. The fraction of sp³-hybridized carbons (Fsp3) is 0.235. The standard InChI is InChI=1S/C17H16O2/c1-12(18)19-15-9-7-14(8-10-15)17-11-16(17)13-5-3-2-4-6-13/h2-10,16-17H,11H2,1H3/t16-,17+/m0/s1. The van der Waals surface area contributed by atoms with Gasteiger partial charge >= 0.3 is 5.97 Å². The van der Waals surface area contributed by atoms with E-state index in [1.54, 1.807) is 0 Å². The first-order valence-corrected chi connectivity index (χ1v) is 6.57. The first kappa shape index (κ1) is 12.0. The molecule has 0 aromatic heterocycles. The van der Waals surface area contributed by atoms with Gasteiger partial charge in [0.1, 0.15) is 5.75 Å². The summed E-state index contributed by atoms with van der Waals surface area (Å²) in [4.78, 5) is 10.9. The summed E-state index contributed by atoms with van der Waals surface area (Å²) >= 11 is 0. The Morgan fingerprint density at radius 3 is 2.11 bits per heavy atom. The van der Waals surface area contributed by atoms with E-state index in [0.717, 1.165) is 0 Å². The van der Waals surface area contributed by atoms with Gasteiger partial charge in [-0.2, -0.15) is 0 Å². The largest absolute Gasteiger partial charge is 0.427 e. The number of rotatable bonds is 3. The summed E-state index contributed by atoms with van der Waals surface area (Å²) in [5.41, 5.74) is 2.74. The Bertz CT molecular complexity index is 572. The van der Waals surface area contributed by atoms with E-state index in [2.05, 4.69) is 42.5 Å². The molecule has 0 heterocycles. The molecule has 1 saturated carbocycles. The molecule has 19 heavy (non-hydrogen) atoms. The van der Waals surface area contributed by atoms with Gasteiger partial charge in [0.25, 0.3) is 0 Å². The summed E-state index contributed by atoms with van der Waals surface area (Å²) < 4.78 is 5.04. The van der Waals surface area contributed by atoms with Crippen molar-refractivity contribution >= 4 is 5.97 Å². The lowest BCUT2D eigenvalue weighted by atomic mass is 10.0. The van der Waals surface area contributed by atoms with Crippen LogP contribution >= 0.6 is 0 Å². The van der Waals surface area contributed by atoms with Gasteiger partial charge in [-0.1, -0.05) is 42.5 Å². The second-order valence-electron chi connectivity index (χ2n) is 5.02. The highest BCUT2D eigenvalue weighted by Crippen LogP contribution is 2.54. The Morgan fingerprint density at radius 2 is 1.53 bits per heavy atom. The van der Waals surface area contributed by atoms with Crippen LogP contribution in [-0.2, 0) is 4.79 Å². The molecule has 1 aliphatic carbocycles. The van der Waals surface area contributed by atoms with Crippen molar-refractivity contribution in [2.75, 3.05) is 0 Å². The highest BCUT2D eigenvalue weighted by atomic mass is 16.5. The second-order valence-corrected chi connectivity index (χ2v) is 5.02. The Labute approximate surface area is 113 Å². The van der Waals surface area contributed by atoms with E-state index in [1.807, 2.05) is 12.1 Å². The molecule has 0 amide bonds. The zero-order valence-corrected chi connectivity index (χ0v) is 10.9. The first-order chi connectivity index (χ1) is 9.24. The fourth-order valence-electron chi connectivity index (χ4n) is 2.58. The van der Waals surface area contributed by atoms with Crippen molar-refractivity contribution in [2.45, 2.75) is 25.2 Å². The van der Waals surface area contributed by atoms with Crippen LogP contribution in [0.25, 0.3) is 0 Å². The molecule has 2 aromatic carbocycles. The maximum atomic E-state index is 10.9. The molecule has 1 fully saturated rings. The van der Waals surface area contributed by atoms with E-state index < -0.39 is 0 Å². The van der Waals surface area contributed by atoms with Crippen LogP contribution in [0.4, 0.5) is 0 Å². The predicted molar refractivity (Wildman–Crippen MR) is 74.3 cm³/mol.